The fraction of sp³-hybridized carbons (Fsp3) is 0.318. The van der Waals surface area contributed by atoms with E-state index >= 15 is 0 Å². The number of tetrazole rings is 1. The van der Waals surface area contributed by atoms with Crippen molar-refractivity contribution in [1.82, 2.24) is 40.1 Å². The van der Waals surface area contributed by atoms with Crippen LogP contribution in [0.15, 0.2) is 47.9 Å². The lowest BCUT2D eigenvalue weighted by atomic mass is 10.00. The number of nitrogens with zero attached hydrogens (tertiary/aromatic N) is 7. The number of alkyl halides is 1. The van der Waals surface area contributed by atoms with E-state index in [4.69, 9.17) is 4.98 Å². The molecule has 32 heavy (non-hydrogen) atoms. The first-order chi connectivity index (χ1) is 15.5. The lowest BCUT2D eigenvalue weighted by Gasteiger charge is -2.32. The summed E-state index contributed by atoms with van der Waals surface area (Å²) in [4.78, 5) is 11.6. The van der Waals surface area contributed by atoms with Gasteiger partial charge in [-0.3, -0.25) is 4.57 Å². The van der Waals surface area contributed by atoms with Crippen molar-refractivity contribution in [1.29, 1.82) is 0 Å². The van der Waals surface area contributed by atoms with Crippen molar-refractivity contribution in [3.05, 3.63) is 65.2 Å². The zero-order valence-corrected chi connectivity index (χ0v) is 20.5. The maximum Gasteiger partial charge on any atom is 0.202 e. The van der Waals surface area contributed by atoms with Crippen molar-refractivity contribution in [2.24, 2.45) is 0 Å². The lowest BCUT2D eigenvalue weighted by Crippen LogP contribution is -2.30. The van der Waals surface area contributed by atoms with Gasteiger partial charge < -0.3 is 4.90 Å². The Bertz CT molecular complexity index is 1280. The number of benzene rings is 1. The second kappa shape index (κ2) is 8.32. The molecule has 0 bridgehead atoms. The van der Waals surface area contributed by atoms with Crippen molar-refractivity contribution in [2.45, 2.75) is 36.4 Å². The largest absolute Gasteiger partial charge is 0.361 e. The highest BCUT2D eigenvalue weighted by Gasteiger charge is 2.39. The van der Waals surface area contributed by atoms with E-state index in [1.165, 1.54) is 11.1 Å². The third-order valence-corrected chi connectivity index (χ3v) is 7.93. The first-order valence-electron chi connectivity index (χ1n) is 10.4. The van der Waals surface area contributed by atoms with Gasteiger partial charge in [0.05, 0.1) is 6.54 Å². The highest BCUT2D eigenvalue weighted by atomic mass is 79.9. The molecule has 3 aromatic heterocycles. The molecule has 4 heterocycles. The Hall–Kier alpha value is -2.72. The van der Waals surface area contributed by atoms with Crippen LogP contribution in [0.1, 0.15) is 35.9 Å². The molecule has 0 saturated heterocycles. The summed E-state index contributed by atoms with van der Waals surface area (Å²) in [5, 5.41) is 15.5. The van der Waals surface area contributed by atoms with Crippen LogP contribution in [0.2, 0.25) is 0 Å². The third-order valence-electron chi connectivity index (χ3n) is 5.78. The van der Waals surface area contributed by atoms with E-state index in [2.05, 4.69) is 102 Å². The fourth-order valence-electron chi connectivity index (χ4n) is 4.05. The highest BCUT2D eigenvalue weighted by molar-refractivity contribution is 9.09. The van der Waals surface area contributed by atoms with Gasteiger partial charge in [-0.25, -0.2) is 9.97 Å². The molecule has 1 unspecified atom stereocenters. The van der Waals surface area contributed by atoms with Gasteiger partial charge in [0.25, 0.3) is 0 Å². The van der Waals surface area contributed by atoms with Gasteiger partial charge in [0.15, 0.2) is 10.8 Å². The van der Waals surface area contributed by atoms with Gasteiger partial charge >= 0.3 is 0 Å². The van der Waals surface area contributed by atoms with Crippen LogP contribution in [0.4, 0.5) is 0 Å². The third kappa shape index (κ3) is 3.61. The van der Waals surface area contributed by atoms with Crippen molar-refractivity contribution in [3.8, 4) is 0 Å². The number of hydrogen-bond acceptors (Lipinski definition) is 7. The molecule has 1 N–H and O–H groups in total. The van der Waals surface area contributed by atoms with Crippen LogP contribution in [0.25, 0.3) is 16.7 Å². The molecule has 0 saturated carbocycles. The minimum Gasteiger partial charge on any atom is -0.361 e. The van der Waals surface area contributed by atoms with E-state index in [9.17, 15) is 0 Å². The van der Waals surface area contributed by atoms with E-state index in [1.54, 1.807) is 11.8 Å². The van der Waals surface area contributed by atoms with Crippen LogP contribution in [0.5, 0.6) is 0 Å². The van der Waals surface area contributed by atoms with Gasteiger partial charge in [0.2, 0.25) is 5.82 Å². The van der Waals surface area contributed by atoms with Crippen molar-refractivity contribution in [3.63, 3.8) is 0 Å². The van der Waals surface area contributed by atoms with E-state index in [-0.39, 0.29) is 4.45 Å². The maximum atomic E-state index is 4.86. The van der Waals surface area contributed by atoms with E-state index in [0.717, 1.165) is 46.2 Å². The monoisotopic (exact) mass is 510 g/mol. The molecule has 1 aliphatic rings. The number of rotatable bonds is 6. The molecular weight excluding hydrogens is 488 g/mol. The Balaban J connectivity index is 1.42. The molecule has 1 aromatic carbocycles. The molecule has 4 aromatic rings. The fourth-order valence-corrected chi connectivity index (χ4v) is 5.44. The van der Waals surface area contributed by atoms with Crippen molar-refractivity contribution >= 4 is 44.4 Å². The number of imidazole rings is 1. The Morgan fingerprint density at radius 3 is 2.75 bits per heavy atom. The number of hydrogen-bond donors (Lipinski definition) is 1. The van der Waals surface area contributed by atoms with Gasteiger partial charge in [-0.1, -0.05) is 58.9 Å². The molecular formula is C22H23BrN8S. The van der Waals surface area contributed by atoms with Crippen molar-refractivity contribution < 1.29 is 0 Å². The van der Waals surface area contributed by atoms with E-state index in [1.807, 2.05) is 12.3 Å². The smallest absolute Gasteiger partial charge is 0.202 e. The summed E-state index contributed by atoms with van der Waals surface area (Å²) >= 11 is 5.71. The predicted octanol–water partition coefficient (Wildman–Crippen LogP) is 4.34. The number of pyridine rings is 1. The van der Waals surface area contributed by atoms with Crippen LogP contribution in [-0.4, -0.2) is 52.9 Å². The van der Waals surface area contributed by atoms with Gasteiger partial charge in [-0.2, -0.15) is 5.21 Å². The number of fused-ring (bicyclic) bond motifs is 1. The minimum atomic E-state index is -0.342. The molecule has 0 fully saturated rings. The van der Waals surface area contributed by atoms with Crippen LogP contribution in [-0.2, 0) is 11.0 Å². The molecule has 164 valence electrons. The topological polar surface area (TPSA) is 88.4 Å². The van der Waals surface area contributed by atoms with Crippen LogP contribution in [0, 0.1) is 6.92 Å². The maximum absolute atomic E-state index is 4.86. The standard InChI is InChI=1S/C22H23BrN8S/c1-4-32-21-25-18-14(2)9-10-24-20(18)31(21)12-15-5-7-17(8-6-15)22(23)11-16(13-30(22)3)19-26-28-29-27-19/h5-10,13H,4,11-12H2,1-3H3,(H,26,27,28,29). The number of aromatic amines is 1. The number of thioether (sulfide) groups is 1. The number of aryl methyl sites for hydroxylation is 1. The number of halogens is 1. The average Bonchev–Trinajstić information content (AvgIpc) is 3.50. The predicted molar refractivity (Wildman–Crippen MR) is 129 cm³/mol. The summed E-state index contributed by atoms with van der Waals surface area (Å²) in [5.41, 5.74) is 6.48. The summed E-state index contributed by atoms with van der Waals surface area (Å²) in [6.45, 7) is 4.96. The zero-order valence-electron chi connectivity index (χ0n) is 18.1. The van der Waals surface area contributed by atoms with Crippen LogP contribution >= 0.6 is 27.7 Å². The first-order valence-corrected chi connectivity index (χ1v) is 12.2. The Kier molecular flexibility index (Phi) is 5.50. The summed E-state index contributed by atoms with van der Waals surface area (Å²) in [5.74, 6) is 1.60. The minimum absolute atomic E-state index is 0.342. The average molecular weight is 511 g/mol. The van der Waals surface area contributed by atoms with Gasteiger partial charge in [0, 0.05) is 31.4 Å². The van der Waals surface area contributed by atoms with Crippen molar-refractivity contribution in [2.75, 3.05) is 12.8 Å². The highest BCUT2D eigenvalue weighted by Crippen LogP contribution is 2.47. The SMILES string of the molecule is CCSc1nc2c(C)ccnc2n1Cc1ccc(C2(Br)CC(c3nn[nH]n3)=CN2C)cc1. The molecule has 5 rings (SSSR count). The number of nitrogens with one attached hydrogen (secondary N) is 1. The number of aromatic nitrogens is 7. The molecule has 1 aliphatic heterocycles. The molecule has 1 atom stereocenters. The molecule has 0 amide bonds. The Labute approximate surface area is 198 Å². The number of H-pyrrole nitrogens is 1. The first kappa shape index (κ1) is 21.1. The van der Waals surface area contributed by atoms with Crippen LogP contribution in [0.3, 0.4) is 0 Å². The van der Waals surface area contributed by atoms with Gasteiger partial charge in [0.1, 0.15) is 9.96 Å². The molecule has 8 nitrogen and oxygen atoms in total. The van der Waals surface area contributed by atoms with Crippen LogP contribution < -0.4 is 0 Å². The molecule has 0 aliphatic carbocycles. The van der Waals surface area contributed by atoms with Gasteiger partial charge in [-0.05, 0) is 40.6 Å². The molecule has 0 radical (unpaired) electrons. The summed E-state index contributed by atoms with van der Waals surface area (Å²) < 4.78 is 1.87. The molecule has 10 heteroatoms. The quantitative estimate of drug-likeness (QED) is 0.234. The molecule has 0 spiro atoms. The lowest BCUT2D eigenvalue weighted by molar-refractivity contribution is 0.334. The van der Waals surface area contributed by atoms with E-state index < -0.39 is 0 Å². The summed E-state index contributed by atoms with van der Waals surface area (Å²) in [7, 11) is 2.05. The second-order valence-electron chi connectivity index (χ2n) is 7.85. The van der Waals surface area contributed by atoms with E-state index in [0.29, 0.717) is 5.82 Å². The summed E-state index contributed by atoms with van der Waals surface area (Å²) in [6, 6.07) is 10.7. The zero-order chi connectivity index (χ0) is 22.3. The second-order valence-corrected chi connectivity index (χ2v) is 10.4. The normalized spacial score (nSPS) is 18.5. The Morgan fingerprint density at radius 1 is 1.22 bits per heavy atom. The Morgan fingerprint density at radius 2 is 2.03 bits per heavy atom. The summed E-state index contributed by atoms with van der Waals surface area (Å²) in [6.07, 6.45) is 4.67. The van der Waals surface area contributed by atoms with Gasteiger partial charge in [-0.15, -0.1) is 10.2 Å².